The minimum Gasteiger partial charge on any atom is -0.418 e. The van der Waals surface area contributed by atoms with Crippen LogP contribution in [0.25, 0.3) is 23.2 Å². The number of aromatic nitrogens is 6. The number of likely N-dealkylation sites (N-methyl/N-ethyl adjacent to an activating group) is 2. The van der Waals surface area contributed by atoms with E-state index < -0.39 is 0 Å². The standard InChI is InChI=1S/C29H40N10O3.ClH/c1-17-23(19(3)30-25(17)28-34-32-21(41-28)15-38-11-7-36(5)8-12-38)27(40)24-18(2)26(31-20(24)4)29-35-33-22(42-29)16-39-13-9-37(6)10-14-39;/h30-31H,7-16H2,1-6H3;1H. The van der Waals surface area contributed by atoms with E-state index in [1.807, 2.05) is 27.7 Å². The summed E-state index contributed by atoms with van der Waals surface area (Å²) in [6.07, 6.45) is 0. The molecule has 0 atom stereocenters. The molecule has 2 saturated heterocycles. The summed E-state index contributed by atoms with van der Waals surface area (Å²) in [6, 6.07) is 0. The zero-order chi connectivity index (χ0) is 29.5. The van der Waals surface area contributed by atoms with Gasteiger partial charge in [-0.25, -0.2) is 0 Å². The molecule has 0 radical (unpaired) electrons. The number of nitrogens with one attached hydrogen (secondary N) is 2. The van der Waals surface area contributed by atoms with Crippen molar-refractivity contribution >= 4 is 18.2 Å². The van der Waals surface area contributed by atoms with Crippen LogP contribution in [0, 0.1) is 27.7 Å². The van der Waals surface area contributed by atoms with Crippen molar-refractivity contribution in [1.29, 1.82) is 0 Å². The number of nitrogens with zero attached hydrogens (tertiary/aromatic N) is 8. The van der Waals surface area contributed by atoms with Gasteiger partial charge < -0.3 is 28.6 Å². The van der Waals surface area contributed by atoms with Gasteiger partial charge in [-0.15, -0.1) is 32.8 Å². The fourth-order valence-electron chi connectivity index (χ4n) is 5.97. The van der Waals surface area contributed by atoms with Crippen molar-refractivity contribution in [2.45, 2.75) is 40.8 Å². The third kappa shape index (κ3) is 6.31. The molecule has 232 valence electrons. The third-order valence-corrected chi connectivity index (χ3v) is 8.60. The number of H-pyrrole nitrogens is 2. The number of carbonyl (C=O) groups excluding carboxylic acids is 1. The van der Waals surface area contributed by atoms with Gasteiger partial charge in [0, 0.05) is 74.9 Å². The molecule has 0 bridgehead atoms. The second kappa shape index (κ2) is 12.7. The largest absolute Gasteiger partial charge is 0.418 e. The summed E-state index contributed by atoms with van der Waals surface area (Å²) in [5.41, 5.74) is 5.60. The van der Waals surface area contributed by atoms with Crippen molar-refractivity contribution < 1.29 is 13.6 Å². The highest BCUT2D eigenvalue weighted by atomic mass is 35.5. The fourth-order valence-corrected chi connectivity index (χ4v) is 5.97. The first-order valence-electron chi connectivity index (χ1n) is 14.6. The Morgan fingerprint density at radius 3 is 1.40 bits per heavy atom. The van der Waals surface area contributed by atoms with E-state index in [1.165, 1.54) is 0 Å². The molecule has 6 rings (SSSR count). The zero-order valence-electron chi connectivity index (χ0n) is 25.8. The SMILES string of the molecule is Cc1[nH]c(-c2nnc(CN3CCN(C)CC3)o2)c(C)c1C(=O)c1c(C)[nH]c(-c2nnc(CN3CCN(C)CC3)o2)c1C.Cl. The first-order chi connectivity index (χ1) is 20.2. The molecule has 0 unspecified atom stereocenters. The summed E-state index contributed by atoms with van der Waals surface area (Å²) in [5, 5.41) is 17.2. The second-order valence-corrected chi connectivity index (χ2v) is 11.7. The van der Waals surface area contributed by atoms with E-state index in [-0.39, 0.29) is 18.2 Å². The second-order valence-electron chi connectivity index (χ2n) is 11.7. The van der Waals surface area contributed by atoms with Crippen molar-refractivity contribution in [3.05, 3.63) is 45.4 Å². The molecule has 0 saturated carbocycles. The lowest BCUT2D eigenvalue weighted by Crippen LogP contribution is -2.43. The Labute approximate surface area is 257 Å². The molecule has 0 aliphatic carbocycles. The minimum absolute atomic E-state index is 0. The van der Waals surface area contributed by atoms with E-state index in [9.17, 15) is 4.79 Å². The van der Waals surface area contributed by atoms with Crippen molar-refractivity contribution in [2.75, 3.05) is 66.5 Å². The molecule has 2 aliphatic rings. The maximum atomic E-state index is 14.0. The number of aryl methyl sites for hydroxylation is 2. The molecule has 0 aromatic carbocycles. The number of aromatic amines is 2. The number of hydrogen-bond donors (Lipinski definition) is 2. The van der Waals surface area contributed by atoms with E-state index in [1.54, 1.807) is 0 Å². The lowest BCUT2D eigenvalue weighted by Gasteiger charge is -2.31. The Morgan fingerprint density at radius 2 is 1.02 bits per heavy atom. The molecule has 14 heteroatoms. The highest BCUT2D eigenvalue weighted by Crippen LogP contribution is 2.33. The molecular weight excluding hydrogens is 572 g/mol. The van der Waals surface area contributed by atoms with E-state index in [2.05, 4.69) is 64.1 Å². The summed E-state index contributed by atoms with van der Waals surface area (Å²) >= 11 is 0. The zero-order valence-corrected chi connectivity index (χ0v) is 26.6. The van der Waals surface area contributed by atoms with E-state index in [0.717, 1.165) is 74.9 Å². The predicted molar refractivity (Wildman–Crippen MR) is 163 cm³/mol. The first kappa shape index (κ1) is 31.1. The number of carbonyl (C=O) groups is 1. The summed E-state index contributed by atoms with van der Waals surface area (Å²) < 4.78 is 12.1. The summed E-state index contributed by atoms with van der Waals surface area (Å²) in [7, 11) is 4.26. The van der Waals surface area contributed by atoms with Crippen LogP contribution in [-0.4, -0.2) is 122 Å². The number of rotatable bonds is 8. The van der Waals surface area contributed by atoms with E-state index >= 15 is 0 Å². The highest BCUT2D eigenvalue weighted by Gasteiger charge is 2.29. The first-order valence-corrected chi connectivity index (χ1v) is 14.6. The van der Waals surface area contributed by atoms with Crippen LogP contribution in [0.2, 0.25) is 0 Å². The van der Waals surface area contributed by atoms with Gasteiger partial charge in [-0.3, -0.25) is 14.6 Å². The van der Waals surface area contributed by atoms with Crippen LogP contribution in [0.3, 0.4) is 0 Å². The van der Waals surface area contributed by atoms with Crippen LogP contribution in [0.5, 0.6) is 0 Å². The van der Waals surface area contributed by atoms with Gasteiger partial charge >= 0.3 is 0 Å². The number of piperazine rings is 2. The Morgan fingerprint density at radius 1 is 0.651 bits per heavy atom. The molecule has 2 fully saturated rings. The van der Waals surface area contributed by atoms with Crippen molar-refractivity contribution in [3.8, 4) is 23.2 Å². The van der Waals surface area contributed by atoms with Crippen molar-refractivity contribution in [2.24, 2.45) is 0 Å². The fraction of sp³-hybridized carbons (Fsp3) is 0.552. The van der Waals surface area contributed by atoms with Gasteiger partial charge in [-0.2, -0.15) is 0 Å². The van der Waals surface area contributed by atoms with Crippen LogP contribution in [-0.2, 0) is 13.1 Å². The molecular formula is C29H41ClN10O3. The molecule has 2 aliphatic heterocycles. The minimum atomic E-state index is -0.0839. The average Bonchev–Trinajstić information content (AvgIpc) is 3.73. The molecule has 4 aromatic heterocycles. The molecule has 13 nitrogen and oxygen atoms in total. The number of halogens is 1. The lowest BCUT2D eigenvalue weighted by molar-refractivity contribution is 0.103. The Balaban J connectivity index is 0.00000368. The van der Waals surface area contributed by atoms with Crippen LogP contribution < -0.4 is 0 Å². The highest BCUT2D eigenvalue weighted by molar-refractivity contribution is 6.13. The quantitative estimate of drug-likeness (QED) is 0.284. The summed E-state index contributed by atoms with van der Waals surface area (Å²) in [4.78, 5) is 29.9. The van der Waals surface area contributed by atoms with Crippen LogP contribution in [0.15, 0.2) is 8.83 Å². The van der Waals surface area contributed by atoms with Gasteiger partial charge in [-0.1, -0.05) is 0 Å². The van der Waals surface area contributed by atoms with Gasteiger partial charge in [0.15, 0.2) is 5.78 Å². The smallest absolute Gasteiger partial charge is 0.264 e. The summed E-state index contributed by atoms with van der Waals surface area (Å²) in [6.45, 7) is 16.8. The third-order valence-electron chi connectivity index (χ3n) is 8.60. The molecule has 2 N–H and O–H groups in total. The van der Waals surface area contributed by atoms with Crippen LogP contribution >= 0.6 is 12.4 Å². The number of hydrogen-bond acceptors (Lipinski definition) is 11. The Hall–Kier alpha value is -3.36. The molecule has 0 spiro atoms. The predicted octanol–water partition coefficient (Wildman–Crippen LogP) is 2.82. The topological polar surface area (TPSA) is 139 Å². The Bertz CT molecular complexity index is 1460. The van der Waals surface area contributed by atoms with Gasteiger partial charge in [0.2, 0.25) is 11.8 Å². The van der Waals surface area contributed by atoms with Gasteiger partial charge in [-0.05, 0) is 52.9 Å². The normalized spacial score (nSPS) is 17.4. The van der Waals surface area contributed by atoms with Gasteiger partial charge in [0.25, 0.3) is 11.8 Å². The maximum Gasteiger partial charge on any atom is 0.264 e. The van der Waals surface area contributed by atoms with Gasteiger partial charge in [0.1, 0.15) is 11.4 Å². The molecule has 4 aromatic rings. The molecule has 43 heavy (non-hydrogen) atoms. The van der Waals surface area contributed by atoms with Crippen molar-refractivity contribution in [3.63, 3.8) is 0 Å². The number of ketones is 1. The summed E-state index contributed by atoms with van der Waals surface area (Å²) in [5.74, 6) is 1.84. The average molecular weight is 613 g/mol. The monoisotopic (exact) mass is 612 g/mol. The Kier molecular flexibility index (Phi) is 9.18. The van der Waals surface area contributed by atoms with Crippen LogP contribution in [0.1, 0.15) is 50.2 Å². The van der Waals surface area contributed by atoms with Crippen molar-refractivity contribution in [1.82, 2.24) is 50.0 Å². The lowest BCUT2D eigenvalue weighted by atomic mass is 9.96. The van der Waals surface area contributed by atoms with Gasteiger partial charge in [0.05, 0.1) is 13.1 Å². The maximum absolute atomic E-state index is 14.0. The molecule has 0 amide bonds. The van der Waals surface area contributed by atoms with Crippen LogP contribution in [0.4, 0.5) is 0 Å². The van der Waals surface area contributed by atoms with E-state index in [4.69, 9.17) is 8.83 Å². The molecule has 6 heterocycles. The van der Waals surface area contributed by atoms with E-state index in [0.29, 0.717) is 59.2 Å².